The van der Waals surface area contributed by atoms with Crippen molar-refractivity contribution in [3.8, 4) is 0 Å². The molecule has 42 heavy (non-hydrogen) atoms. The summed E-state index contributed by atoms with van der Waals surface area (Å²) in [5.74, 6) is -1.36. The van der Waals surface area contributed by atoms with Crippen LogP contribution in [0, 0.1) is 0 Å². The lowest BCUT2D eigenvalue weighted by Gasteiger charge is -2.30. The zero-order valence-corrected chi connectivity index (χ0v) is 25.0. The van der Waals surface area contributed by atoms with Crippen LogP contribution in [-0.2, 0) is 48.0 Å². The smallest absolute Gasteiger partial charge is 0.243 e. The van der Waals surface area contributed by atoms with Gasteiger partial charge in [-0.3, -0.25) is 14.4 Å². The van der Waals surface area contributed by atoms with Crippen LogP contribution < -0.4 is 15.8 Å². The van der Waals surface area contributed by atoms with Gasteiger partial charge in [-0.05, 0) is 48.1 Å². The average Bonchev–Trinajstić information content (AvgIpc) is 3.48. The van der Waals surface area contributed by atoms with Crippen molar-refractivity contribution in [3.05, 3.63) is 70.2 Å². The number of hydrogen-bond acceptors (Lipinski definition) is 7. The number of halogens is 1. The summed E-state index contributed by atoms with van der Waals surface area (Å²) in [7, 11) is -3.94. The molecule has 13 heteroatoms. The zero-order chi connectivity index (χ0) is 30.1. The molecule has 0 aromatic heterocycles. The van der Waals surface area contributed by atoms with E-state index in [2.05, 4.69) is 10.0 Å². The van der Waals surface area contributed by atoms with Gasteiger partial charge in [-0.2, -0.15) is 0 Å². The molecule has 0 saturated carbocycles. The number of nitrogens with zero attached hydrogens (tertiary/aromatic N) is 2. The van der Waals surface area contributed by atoms with Crippen LogP contribution in [0.4, 0.5) is 0 Å². The summed E-state index contributed by atoms with van der Waals surface area (Å²) in [6.45, 7) is 2.54. The Kier molecular flexibility index (Phi) is 11.3. The molecule has 1 unspecified atom stereocenters. The Morgan fingerprint density at radius 1 is 1.05 bits per heavy atom. The molecule has 0 radical (unpaired) electrons. The van der Waals surface area contributed by atoms with Gasteiger partial charge in [0.25, 0.3) is 0 Å². The predicted molar refractivity (Wildman–Crippen MR) is 159 cm³/mol. The summed E-state index contributed by atoms with van der Waals surface area (Å²) in [4.78, 5) is 43.0. The number of nitrogens with two attached hydrogens (primary N) is 1. The van der Waals surface area contributed by atoms with E-state index >= 15 is 0 Å². The summed E-state index contributed by atoms with van der Waals surface area (Å²) >= 11 is 6.13. The minimum atomic E-state index is -3.94. The van der Waals surface area contributed by atoms with E-state index in [0.29, 0.717) is 56.3 Å². The minimum absolute atomic E-state index is 0.0222. The second-order valence-electron chi connectivity index (χ2n) is 10.5. The first-order chi connectivity index (χ1) is 20.2. The molecule has 2 saturated heterocycles. The number of nitrogens with one attached hydrogen (secondary N) is 2. The fraction of sp³-hybridized carbons (Fsp3) is 0.483. The third kappa shape index (κ3) is 8.74. The van der Waals surface area contributed by atoms with Crippen LogP contribution in [0.25, 0.3) is 0 Å². The molecule has 2 aromatic carbocycles. The van der Waals surface area contributed by atoms with Crippen molar-refractivity contribution < 1.29 is 27.5 Å². The number of likely N-dealkylation sites (tertiary alicyclic amines) is 1. The van der Waals surface area contributed by atoms with E-state index in [9.17, 15) is 22.8 Å². The number of amides is 3. The van der Waals surface area contributed by atoms with Crippen LogP contribution >= 0.6 is 11.6 Å². The Hall–Kier alpha value is -3.03. The van der Waals surface area contributed by atoms with Crippen molar-refractivity contribution >= 4 is 39.3 Å². The average molecular weight is 620 g/mol. The van der Waals surface area contributed by atoms with E-state index in [1.807, 2.05) is 0 Å². The number of benzene rings is 2. The molecular formula is C29H38ClN5O6S. The van der Waals surface area contributed by atoms with E-state index in [4.69, 9.17) is 22.1 Å². The van der Waals surface area contributed by atoms with Gasteiger partial charge in [0.15, 0.2) is 0 Å². The van der Waals surface area contributed by atoms with Crippen molar-refractivity contribution in [3.63, 3.8) is 0 Å². The van der Waals surface area contributed by atoms with Gasteiger partial charge < -0.3 is 25.6 Å². The van der Waals surface area contributed by atoms with Gasteiger partial charge in [-0.15, -0.1) is 0 Å². The first kappa shape index (κ1) is 31.9. The first-order valence-electron chi connectivity index (χ1n) is 14.1. The maximum Gasteiger partial charge on any atom is 0.243 e. The molecule has 2 aliphatic heterocycles. The summed E-state index contributed by atoms with van der Waals surface area (Å²) in [6.07, 6.45) is 0.972. The Morgan fingerprint density at radius 2 is 1.79 bits per heavy atom. The fourth-order valence-corrected chi connectivity index (χ4v) is 6.85. The topological polar surface area (TPSA) is 151 Å². The second kappa shape index (κ2) is 14.9. The lowest BCUT2D eigenvalue weighted by Crippen LogP contribution is -2.53. The van der Waals surface area contributed by atoms with Crippen LogP contribution in [0.1, 0.15) is 42.4 Å². The molecule has 11 nitrogen and oxygen atoms in total. The fourth-order valence-electron chi connectivity index (χ4n) is 5.29. The summed E-state index contributed by atoms with van der Waals surface area (Å²) < 4.78 is 34.1. The molecule has 0 bridgehead atoms. The molecular weight excluding hydrogens is 582 g/mol. The lowest BCUT2D eigenvalue weighted by atomic mass is 10.1. The third-order valence-corrected chi connectivity index (χ3v) is 9.10. The van der Waals surface area contributed by atoms with Crippen LogP contribution in [-0.4, -0.2) is 80.9 Å². The van der Waals surface area contributed by atoms with Crippen LogP contribution in [0.3, 0.4) is 0 Å². The van der Waals surface area contributed by atoms with Crippen LogP contribution in [0.5, 0.6) is 0 Å². The van der Waals surface area contributed by atoms with E-state index in [1.165, 1.54) is 4.90 Å². The van der Waals surface area contributed by atoms with E-state index in [-0.39, 0.29) is 43.5 Å². The molecule has 2 atom stereocenters. The Labute approximate surface area is 251 Å². The minimum Gasteiger partial charge on any atom is -0.378 e. The number of ether oxygens (including phenoxy) is 1. The van der Waals surface area contributed by atoms with Crippen molar-refractivity contribution in [2.75, 3.05) is 32.8 Å². The highest BCUT2D eigenvalue weighted by Crippen LogP contribution is 2.22. The van der Waals surface area contributed by atoms with Crippen LogP contribution in [0.15, 0.2) is 48.5 Å². The molecule has 0 spiro atoms. The van der Waals surface area contributed by atoms with E-state index in [0.717, 1.165) is 11.1 Å². The Balaban J connectivity index is 1.46. The number of carbonyl (C=O) groups excluding carboxylic acids is 3. The number of sulfonamides is 1. The number of rotatable bonds is 12. The van der Waals surface area contributed by atoms with Gasteiger partial charge in [0, 0.05) is 44.2 Å². The van der Waals surface area contributed by atoms with Crippen molar-refractivity contribution in [1.29, 1.82) is 0 Å². The SMILES string of the molecule is NCc1ccc(Cl)cc1CNC(=O)[C@@H]1CCCN1C(=O)C(CCC(=O)N1CCOCC1)NS(=O)(=O)Cc1ccccc1. The summed E-state index contributed by atoms with van der Waals surface area (Å²) in [5.41, 5.74) is 8.01. The molecule has 4 N–H and O–H groups in total. The monoisotopic (exact) mass is 619 g/mol. The molecule has 2 aromatic rings. The second-order valence-corrected chi connectivity index (χ2v) is 12.7. The highest BCUT2D eigenvalue weighted by molar-refractivity contribution is 7.88. The zero-order valence-electron chi connectivity index (χ0n) is 23.5. The molecule has 2 heterocycles. The molecule has 4 rings (SSSR count). The molecule has 2 fully saturated rings. The lowest BCUT2D eigenvalue weighted by molar-refractivity contribution is -0.140. The maximum atomic E-state index is 13.8. The maximum absolute atomic E-state index is 13.8. The van der Waals surface area contributed by atoms with Gasteiger partial charge in [-0.1, -0.05) is 48.0 Å². The third-order valence-electron chi connectivity index (χ3n) is 7.51. The molecule has 2 aliphatic rings. The predicted octanol–water partition coefficient (Wildman–Crippen LogP) is 1.53. The number of morpholine rings is 1. The molecule has 0 aliphatic carbocycles. The number of hydrogen-bond donors (Lipinski definition) is 3. The Bertz CT molecular complexity index is 1350. The van der Waals surface area contributed by atoms with Gasteiger partial charge in [0.05, 0.1) is 19.0 Å². The van der Waals surface area contributed by atoms with Gasteiger partial charge in [-0.25, -0.2) is 13.1 Å². The van der Waals surface area contributed by atoms with Gasteiger partial charge >= 0.3 is 0 Å². The standard InChI is InChI=1S/C29H38ClN5O6S/c30-24-9-8-22(18-31)23(17-24)19-32-28(37)26-7-4-12-35(26)29(38)25(10-11-27(36)34-13-15-41-16-14-34)33-42(39,40)20-21-5-2-1-3-6-21/h1-3,5-6,8-9,17,25-26,33H,4,7,10-16,18-20,31H2,(H,32,37)/t25?,26-/m0/s1. The van der Waals surface area contributed by atoms with E-state index < -0.39 is 28.0 Å². The number of carbonyl (C=O) groups is 3. The van der Waals surface area contributed by atoms with Crippen molar-refractivity contribution in [2.45, 2.75) is 56.6 Å². The Morgan fingerprint density at radius 3 is 2.50 bits per heavy atom. The normalized spacial score (nSPS) is 18.1. The van der Waals surface area contributed by atoms with E-state index in [1.54, 1.807) is 53.4 Å². The largest absolute Gasteiger partial charge is 0.378 e. The molecule has 3 amide bonds. The summed E-state index contributed by atoms with van der Waals surface area (Å²) in [6, 6.07) is 11.9. The first-order valence-corrected chi connectivity index (χ1v) is 16.1. The van der Waals surface area contributed by atoms with Gasteiger partial charge in [0.2, 0.25) is 27.7 Å². The summed E-state index contributed by atoms with van der Waals surface area (Å²) in [5, 5.41) is 3.40. The molecule has 228 valence electrons. The quantitative estimate of drug-likeness (QED) is 0.326. The van der Waals surface area contributed by atoms with Crippen molar-refractivity contribution in [2.24, 2.45) is 5.73 Å². The highest BCUT2D eigenvalue weighted by Gasteiger charge is 2.38. The van der Waals surface area contributed by atoms with Crippen LogP contribution in [0.2, 0.25) is 5.02 Å². The van der Waals surface area contributed by atoms with Crippen molar-refractivity contribution in [1.82, 2.24) is 19.8 Å². The van der Waals surface area contributed by atoms with Gasteiger partial charge in [0.1, 0.15) is 12.1 Å². The highest BCUT2D eigenvalue weighted by atomic mass is 35.5.